The quantitative estimate of drug-likeness (QED) is 0.788. The minimum Gasteiger partial charge on any atom is -0.425 e. The van der Waals surface area contributed by atoms with Crippen LogP contribution in [0.4, 0.5) is 8.78 Å². The van der Waals surface area contributed by atoms with Crippen LogP contribution in [0.25, 0.3) is 0 Å². The second-order valence-electron chi connectivity index (χ2n) is 8.85. The van der Waals surface area contributed by atoms with Gasteiger partial charge in [-0.25, -0.2) is 8.78 Å². The van der Waals surface area contributed by atoms with E-state index in [1.807, 2.05) is 0 Å². The number of halogens is 2. The molecule has 1 aromatic heterocycles. The first-order chi connectivity index (χ1) is 13.5. The average molecular weight is 395 g/mol. The molecule has 1 aromatic rings. The number of hydrogen-bond donors (Lipinski definition) is 2. The Balaban J connectivity index is 1.20. The lowest BCUT2D eigenvalue weighted by atomic mass is 9.91. The highest BCUT2D eigenvalue weighted by Crippen LogP contribution is 2.39. The minimum absolute atomic E-state index is 0.0475. The van der Waals surface area contributed by atoms with E-state index >= 15 is 0 Å². The van der Waals surface area contributed by atoms with Crippen molar-refractivity contribution < 1.29 is 18.0 Å². The Hall–Kier alpha value is -1.61. The molecule has 0 bridgehead atoms. The summed E-state index contributed by atoms with van der Waals surface area (Å²) in [7, 11) is 0. The van der Waals surface area contributed by atoms with Gasteiger partial charge >= 0.3 is 0 Å². The Morgan fingerprint density at radius 3 is 2.71 bits per heavy atom. The van der Waals surface area contributed by atoms with Crippen LogP contribution in [-0.4, -0.2) is 64.2 Å². The van der Waals surface area contributed by atoms with Crippen LogP contribution in [0, 0.1) is 0 Å². The van der Waals surface area contributed by atoms with Crippen molar-refractivity contribution >= 4 is 5.91 Å². The molecule has 3 heterocycles. The third-order valence-corrected chi connectivity index (χ3v) is 6.63. The summed E-state index contributed by atoms with van der Waals surface area (Å²) in [6.07, 6.45) is 4.48. The van der Waals surface area contributed by atoms with Crippen molar-refractivity contribution in [3.8, 4) is 0 Å². The molecule has 2 saturated heterocycles. The number of carbonyl (C=O) groups is 1. The summed E-state index contributed by atoms with van der Waals surface area (Å²) in [5, 5.41) is 14.9. The summed E-state index contributed by atoms with van der Waals surface area (Å²) < 4.78 is 32.6. The Bertz CT molecular complexity index is 728. The maximum atomic E-state index is 13.4. The first-order valence-corrected chi connectivity index (χ1v) is 10.5. The Morgan fingerprint density at radius 1 is 1.18 bits per heavy atom. The molecule has 0 aromatic carbocycles. The summed E-state index contributed by atoms with van der Waals surface area (Å²) in [6, 6.07) is 0.215. The zero-order valence-electron chi connectivity index (χ0n) is 15.9. The number of hydrogen-bond acceptors (Lipinski definition) is 6. The van der Waals surface area contributed by atoms with E-state index in [1.54, 1.807) is 0 Å². The Kier molecular flexibility index (Phi) is 4.62. The van der Waals surface area contributed by atoms with Gasteiger partial charge in [-0.3, -0.25) is 9.69 Å². The van der Waals surface area contributed by atoms with Gasteiger partial charge in [-0.1, -0.05) is 0 Å². The van der Waals surface area contributed by atoms with Gasteiger partial charge in [0.05, 0.1) is 6.04 Å². The van der Waals surface area contributed by atoms with Crippen LogP contribution in [0.2, 0.25) is 0 Å². The number of rotatable bonds is 5. The first kappa shape index (κ1) is 18.4. The SMILES string of the molecule is O=C1NC[C@@H](Cc2nnc(C3CC3)o2)N2C[C@@H](NC3CCC(F)(F)CC3)C[C@@H]12. The normalized spacial score (nSPS) is 33.6. The summed E-state index contributed by atoms with van der Waals surface area (Å²) >= 11 is 0. The highest BCUT2D eigenvalue weighted by atomic mass is 19.3. The van der Waals surface area contributed by atoms with E-state index in [0.717, 1.165) is 25.3 Å². The molecule has 7 nitrogen and oxygen atoms in total. The van der Waals surface area contributed by atoms with Crippen molar-refractivity contribution in [2.45, 2.75) is 87.4 Å². The number of nitrogens with zero attached hydrogens (tertiary/aromatic N) is 3. The van der Waals surface area contributed by atoms with Crippen LogP contribution in [-0.2, 0) is 11.2 Å². The van der Waals surface area contributed by atoms with E-state index in [0.29, 0.717) is 44.0 Å². The van der Waals surface area contributed by atoms with Crippen molar-refractivity contribution in [3.05, 3.63) is 11.8 Å². The van der Waals surface area contributed by atoms with E-state index in [-0.39, 0.29) is 42.9 Å². The number of piperazine rings is 1. The molecule has 154 valence electrons. The highest BCUT2D eigenvalue weighted by molar-refractivity contribution is 5.83. The molecule has 0 unspecified atom stereocenters. The monoisotopic (exact) mass is 395 g/mol. The van der Waals surface area contributed by atoms with Gasteiger partial charge in [0.15, 0.2) is 0 Å². The van der Waals surface area contributed by atoms with E-state index in [4.69, 9.17) is 4.42 Å². The maximum Gasteiger partial charge on any atom is 0.248 e. The second-order valence-corrected chi connectivity index (χ2v) is 8.85. The lowest BCUT2D eigenvalue weighted by Gasteiger charge is -2.36. The molecule has 1 amide bonds. The fourth-order valence-corrected chi connectivity index (χ4v) is 4.87. The zero-order chi connectivity index (χ0) is 19.3. The van der Waals surface area contributed by atoms with Gasteiger partial charge in [-0.2, -0.15) is 0 Å². The van der Waals surface area contributed by atoms with Gasteiger partial charge in [0, 0.05) is 56.4 Å². The summed E-state index contributed by atoms with van der Waals surface area (Å²) in [5.41, 5.74) is 0. The second kappa shape index (κ2) is 7.02. The van der Waals surface area contributed by atoms with Crippen LogP contribution in [0.1, 0.15) is 62.6 Å². The fraction of sp³-hybridized carbons (Fsp3) is 0.842. The average Bonchev–Trinajstić information content (AvgIpc) is 3.25. The Labute approximate surface area is 162 Å². The van der Waals surface area contributed by atoms with Crippen molar-refractivity contribution in [3.63, 3.8) is 0 Å². The Morgan fingerprint density at radius 2 is 1.96 bits per heavy atom. The number of alkyl halides is 2. The fourth-order valence-electron chi connectivity index (χ4n) is 4.87. The van der Waals surface area contributed by atoms with Crippen molar-refractivity contribution in [2.75, 3.05) is 13.1 Å². The van der Waals surface area contributed by atoms with Crippen molar-refractivity contribution in [1.82, 2.24) is 25.7 Å². The summed E-state index contributed by atoms with van der Waals surface area (Å²) in [6.45, 7) is 1.32. The predicted molar refractivity (Wildman–Crippen MR) is 96.0 cm³/mol. The molecule has 9 heteroatoms. The molecule has 2 N–H and O–H groups in total. The van der Waals surface area contributed by atoms with Crippen LogP contribution in [0.3, 0.4) is 0 Å². The first-order valence-electron chi connectivity index (χ1n) is 10.5. The standard InChI is InChI=1S/C19H27F2N5O2/c20-19(21)5-3-12(4-6-19)23-13-7-15-17(27)22-9-14(26(15)10-13)8-16-24-25-18(28-16)11-1-2-11/h11-15,23H,1-10H2,(H,22,27)/t13-,14+,15-/m0/s1. The molecule has 2 saturated carbocycles. The van der Waals surface area contributed by atoms with Gasteiger partial charge in [-0.15, -0.1) is 10.2 Å². The zero-order valence-corrected chi connectivity index (χ0v) is 15.9. The van der Waals surface area contributed by atoms with Crippen LogP contribution < -0.4 is 10.6 Å². The van der Waals surface area contributed by atoms with Crippen LogP contribution >= 0.6 is 0 Å². The number of amides is 1. The smallest absolute Gasteiger partial charge is 0.248 e. The lowest BCUT2D eigenvalue weighted by molar-refractivity contribution is -0.129. The van der Waals surface area contributed by atoms with E-state index in [9.17, 15) is 13.6 Å². The summed E-state index contributed by atoms with van der Waals surface area (Å²) in [5.74, 6) is -0.655. The molecular weight excluding hydrogens is 368 g/mol. The van der Waals surface area contributed by atoms with Gasteiger partial charge in [0.2, 0.25) is 23.6 Å². The van der Waals surface area contributed by atoms with Crippen molar-refractivity contribution in [2.24, 2.45) is 0 Å². The molecule has 3 atom stereocenters. The number of fused-ring (bicyclic) bond motifs is 1. The van der Waals surface area contributed by atoms with Crippen LogP contribution in [0.15, 0.2) is 4.42 Å². The molecule has 2 aliphatic carbocycles. The van der Waals surface area contributed by atoms with E-state index < -0.39 is 5.92 Å². The van der Waals surface area contributed by atoms with Crippen LogP contribution in [0.5, 0.6) is 0 Å². The number of carbonyl (C=O) groups excluding carboxylic acids is 1. The van der Waals surface area contributed by atoms with Crippen molar-refractivity contribution in [1.29, 1.82) is 0 Å². The highest BCUT2D eigenvalue weighted by Gasteiger charge is 2.45. The number of nitrogens with one attached hydrogen (secondary N) is 2. The lowest BCUT2D eigenvalue weighted by Crippen LogP contribution is -2.58. The van der Waals surface area contributed by atoms with E-state index in [2.05, 4.69) is 25.7 Å². The van der Waals surface area contributed by atoms with Gasteiger partial charge in [0.1, 0.15) is 0 Å². The van der Waals surface area contributed by atoms with Gasteiger partial charge < -0.3 is 15.1 Å². The molecule has 28 heavy (non-hydrogen) atoms. The third kappa shape index (κ3) is 3.78. The maximum absolute atomic E-state index is 13.4. The largest absolute Gasteiger partial charge is 0.425 e. The molecule has 0 radical (unpaired) electrons. The van der Waals surface area contributed by atoms with Gasteiger partial charge in [-0.05, 0) is 32.1 Å². The number of aromatic nitrogens is 2. The molecule has 4 aliphatic rings. The minimum atomic E-state index is -2.51. The molecule has 5 rings (SSSR count). The molecule has 0 spiro atoms. The van der Waals surface area contributed by atoms with Gasteiger partial charge in [0.25, 0.3) is 0 Å². The van der Waals surface area contributed by atoms with E-state index in [1.165, 1.54) is 0 Å². The predicted octanol–water partition coefficient (Wildman–Crippen LogP) is 1.60. The molecular formula is C19H27F2N5O2. The topological polar surface area (TPSA) is 83.3 Å². The third-order valence-electron chi connectivity index (χ3n) is 6.63. The molecule has 2 aliphatic heterocycles. The summed E-state index contributed by atoms with van der Waals surface area (Å²) in [4.78, 5) is 14.6. The molecule has 4 fully saturated rings.